The minimum absolute atomic E-state index is 0.151. The predicted octanol–water partition coefficient (Wildman–Crippen LogP) is 4.09. The molecule has 29 heavy (non-hydrogen) atoms. The van der Waals surface area contributed by atoms with Gasteiger partial charge in [-0.25, -0.2) is 13.4 Å². The number of rotatable bonds is 7. The molecule has 1 aromatic heterocycles. The Bertz CT molecular complexity index is 1080. The molecule has 2 N–H and O–H groups in total. The molecule has 1 amide bonds. The summed E-state index contributed by atoms with van der Waals surface area (Å²) in [6.07, 6.45) is 1.54. The van der Waals surface area contributed by atoms with Crippen LogP contribution in [0.1, 0.15) is 22.8 Å². The van der Waals surface area contributed by atoms with Crippen LogP contribution in [0.4, 0.5) is 5.69 Å². The summed E-state index contributed by atoms with van der Waals surface area (Å²) in [6.45, 7) is 4.33. The monoisotopic (exact) mass is 427 g/mol. The van der Waals surface area contributed by atoms with E-state index in [-0.39, 0.29) is 10.8 Å². The highest BCUT2D eigenvalue weighted by Gasteiger charge is 2.14. The van der Waals surface area contributed by atoms with Crippen molar-refractivity contribution in [2.45, 2.75) is 28.7 Å². The molecule has 0 aliphatic carbocycles. The molecule has 2 aromatic carbocycles. The first-order valence-electron chi connectivity index (χ1n) is 8.99. The van der Waals surface area contributed by atoms with Crippen LogP contribution < -0.4 is 10.0 Å². The Labute approximate surface area is 174 Å². The van der Waals surface area contributed by atoms with Crippen molar-refractivity contribution in [2.75, 3.05) is 11.3 Å². The highest BCUT2D eigenvalue weighted by atomic mass is 32.2. The lowest BCUT2D eigenvalue weighted by Crippen LogP contribution is -2.22. The van der Waals surface area contributed by atoms with E-state index in [1.165, 1.54) is 18.0 Å². The third-order valence-corrected chi connectivity index (χ3v) is 6.35. The summed E-state index contributed by atoms with van der Waals surface area (Å²) in [7, 11) is -3.63. The maximum absolute atomic E-state index is 12.5. The van der Waals surface area contributed by atoms with Crippen LogP contribution in [-0.4, -0.2) is 25.9 Å². The van der Waals surface area contributed by atoms with Gasteiger partial charge in [0.1, 0.15) is 5.03 Å². The van der Waals surface area contributed by atoms with Gasteiger partial charge >= 0.3 is 0 Å². The third kappa shape index (κ3) is 5.58. The Kier molecular flexibility index (Phi) is 6.56. The molecule has 0 fully saturated rings. The maximum Gasteiger partial charge on any atom is 0.261 e. The first-order chi connectivity index (χ1) is 13.9. The molecular weight excluding hydrogens is 406 g/mol. The van der Waals surface area contributed by atoms with Gasteiger partial charge in [0.2, 0.25) is 0 Å². The minimum Gasteiger partial charge on any atom is -0.352 e. The number of aromatic nitrogens is 1. The van der Waals surface area contributed by atoms with Crippen LogP contribution in [0.3, 0.4) is 0 Å². The van der Waals surface area contributed by atoms with Crippen LogP contribution in [0.2, 0.25) is 0 Å². The smallest absolute Gasteiger partial charge is 0.261 e. The molecule has 150 valence electrons. The van der Waals surface area contributed by atoms with Gasteiger partial charge in [0.05, 0.1) is 10.5 Å². The molecule has 0 aliphatic rings. The topological polar surface area (TPSA) is 88.2 Å². The summed E-state index contributed by atoms with van der Waals surface area (Å²) in [4.78, 5) is 17.2. The van der Waals surface area contributed by atoms with Crippen molar-refractivity contribution in [1.82, 2.24) is 10.3 Å². The number of sulfonamides is 1. The van der Waals surface area contributed by atoms with Crippen molar-refractivity contribution in [2.24, 2.45) is 0 Å². The number of amides is 1. The van der Waals surface area contributed by atoms with Crippen molar-refractivity contribution in [1.29, 1.82) is 0 Å². The van der Waals surface area contributed by atoms with Gasteiger partial charge in [0, 0.05) is 23.3 Å². The van der Waals surface area contributed by atoms with E-state index < -0.39 is 10.0 Å². The molecule has 3 rings (SSSR count). The van der Waals surface area contributed by atoms with Crippen molar-refractivity contribution in [3.63, 3.8) is 0 Å². The van der Waals surface area contributed by atoms with E-state index in [9.17, 15) is 13.2 Å². The number of nitrogens with one attached hydrogen (secondary N) is 2. The fourth-order valence-corrected chi connectivity index (χ4v) is 4.29. The Balaban J connectivity index is 1.65. The van der Waals surface area contributed by atoms with Crippen LogP contribution in [0.25, 0.3) is 0 Å². The zero-order chi connectivity index (χ0) is 20.9. The standard InChI is InChI=1S/C21H21N3O3S2/c1-3-22-21(25)16-6-13-20(23-14-16)28-18-9-7-17(8-10-18)24-29(26,27)19-11-4-15(2)5-12-19/h4-14,24H,3H2,1-2H3,(H,22,25). The highest BCUT2D eigenvalue weighted by Crippen LogP contribution is 2.27. The van der Waals surface area contributed by atoms with E-state index in [1.54, 1.807) is 48.5 Å². The molecule has 3 aromatic rings. The SMILES string of the molecule is CCNC(=O)c1ccc(Sc2ccc(NS(=O)(=O)c3ccc(C)cc3)cc2)nc1. The zero-order valence-electron chi connectivity index (χ0n) is 16.0. The summed E-state index contributed by atoms with van der Waals surface area (Å²) >= 11 is 1.43. The summed E-state index contributed by atoms with van der Waals surface area (Å²) in [5.74, 6) is -0.151. The van der Waals surface area contributed by atoms with Crippen LogP contribution in [0.5, 0.6) is 0 Å². The number of carbonyl (C=O) groups is 1. The fourth-order valence-electron chi connectivity index (χ4n) is 2.48. The van der Waals surface area contributed by atoms with Crippen molar-refractivity contribution in [3.8, 4) is 0 Å². The zero-order valence-corrected chi connectivity index (χ0v) is 17.7. The first-order valence-corrected chi connectivity index (χ1v) is 11.3. The molecule has 0 unspecified atom stereocenters. The molecule has 0 atom stereocenters. The van der Waals surface area contributed by atoms with Crippen LogP contribution in [-0.2, 0) is 10.0 Å². The number of carbonyl (C=O) groups excluding carboxylic acids is 1. The molecule has 0 saturated heterocycles. The fraction of sp³-hybridized carbons (Fsp3) is 0.143. The number of nitrogens with zero attached hydrogens (tertiary/aromatic N) is 1. The maximum atomic E-state index is 12.5. The van der Waals surface area contributed by atoms with Crippen molar-refractivity contribution in [3.05, 3.63) is 78.0 Å². The average molecular weight is 428 g/mol. The number of hydrogen-bond acceptors (Lipinski definition) is 5. The third-order valence-electron chi connectivity index (χ3n) is 4.00. The molecule has 0 saturated carbocycles. The van der Waals surface area contributed by atoms with Gasteiger partial charge in [0.25, 0.3) is 15.9 Å². The summed E-state index contributed by atoms with van der Waals surface area (Å²) in [5.41, 5.74) is 1.99. The lowest BCUT2D eigenvalue weighted by molar-refractivity contribution is 0.0955. The molecule has 0 bridgehead atoms. The largest absolute Gasteiger partial charge is 0.352 e. The Morgan fingerprint density at radius 2 is 1.69 bits per heavy atom. The van der Waals surface area contributed by atoms with E-state index >= 15 is 0 Å². The first kappa shape index (κ1) is 20.9. The molecule has 0 radical (unpaired) electrons. The van der Waals surface area contributed by atoms with Gasteiger partial charge in [-0.1, -0.05) is 29.5 Å². The van der Waals surface area contributed by atoms with E-state index in [2.05, 4.69) is 15.0 Å². The van der Waals surface area contributed by atoms with Gasteiger partial charge in [0.15, 0.2) is 0 Å². The number of hydrogen-bond donors (Lipinski definition) is 2. The summed E-state index contributed by atoms with van der Waals surface area (Å²) < 4.78 is 27.5. The second-order valence-corrected chi connectivity index (χ2v) is 9.07. The second kappa shape index (κ2) is 9.11. The van der Waals surface area contributed by atoms with Gasteiger partial charge < -0.3 is 5.32 Å². The van der Waals surface area contributed by atoms with Crippen LogP contribution >= 0.6 is 11.8 Å². The molecule has 0 aliphatic heterocycles. The van der Waals surface area contributed by atoms with E-state index in [0.29, 0.717) is 17.8 Å². The number of aryl methyl sites for hydroxylation is 1. The van der Waals surface area contributed by atoms with Gasteiger partial charge in [-0.2, -0.15) is 0 Å². The van der Waals surface area contributed by atoms with E-state index in [4.69, 9.17) is 0 Å². The quantitative estimate of drug-likeness (QED) is 0.593. The van der Waals surface area contributed by atoms with Gasteiger partial charge in [-0.15, -0.1) is 0 Å². The number of benzene rings is 2. The van der Waals surface area contributed by atoms with Gasteiger partial charge in [-0.3, -0.25) is 9.52 Å². The molecule has 6 nitrogen and oxygen atoms in total. The molecular formula is C21H21N3O3S2. The Hall–Kier alpha value is -2.84. The lowest BCUT2D eigenvalue weighted by atomic mass is 10.2. The molecule has 1 heterocycles. The van der Waals surface area contributed by atoms with Crippen LogP contribution in [0, 0.1) is 6.92 Å². The Morgan fingerprint density at radius 3 is 2.28 bits per heavy atom. The minimum atomic E-state index is -3.63. The highest BCUT2D eigenvalue weighted by molar-refractivity contribution is 7.99. The second-order valence-electron chi connectivity index (χ2n) is 6.29. The lowest BCUT2D eigenvalue weighted by Gasteiger charge is -2.09. The van der Waals surface area contributed by atoms with E-state index in [0.717, 1.165) is 15.5 Å². The normalized spacial score (nSPS) is 11.1. The average Bonchev–Trinajstić information content (AvgIpc) is 2.70. The van der Waals surface area contributed by atoms with Crippen molar-refractivity contribution < 1.29 is 13.2 Å². The summed E-state index contributed by atoms with van der Waals surface area (Å²) in [5, 5.41) is 3.47. The molecule has 8 heteroatoms. The summed E-state index contributed by atoms with van der Waals surface area (Å²) in [6, 6.07) is 17.2. The predicted molar refractivity (Wildman–Crippen MR) is 115 cm³/mol. The number of anilines is 1. The Morgan fingerprint density at radius 1 is 1.00 bits per heavy atom. The molecule has 0 spiro atoms. The van der Waals surface area contributed by atoms with E-state index in [1.807, 2.05) is 26.0 Å². The number of pyridine rings is 1. The van der Waals surface area contributed by atoms with Crippen LogP contribution in [0.15, 0.2) is 81.7 Å². The van der Waals surface area contributed by atoms with Crippen molar-refractivity contribution >= 4 is 33.4 Å². The van der Waals surface area contributed by atoms with Gasteiger partial charge in [-0.05, 0) is 62.4 Å².